The van der Waals surface area contributed by atoms with Crippen LogP contribution in [0.5, 0.6) is 0 Å². The number of nitrogens with one attached hydrogen (secondary N) is 1. The summed E-state index contributed by atoms with van der Waals surface area (Å²) in [5.74, 6) is -1.41. The molecular formula is C27H30N2O6. The number of hydrogen-bond donors (Lipinski definition) is 2. The van der Waals surface area contributed by atoms with Crippen LogP contribution in [0.3, 0.4) is 0 Å². The highest BCUT2D eigenvalue weighted by Gasteiger charge is 2.45. The molecule has 1 unspecified atom stereocenters. The summed E-state index contributed by atoms with van der Waals surface area (Å²) in [4.78, 5) is 39.5. The fraction of sp³-hybridized carbons (Fsp3) is 0.444. The molecule has 1 saturated carbocycles. The standard InChI is InChI=1S/C27H30N2O6/c30-24(31)23-16-29(14-15-34-23)25(32)27(12-6-1-7-13-27)28-26(33)35-17-22-20-10-4-2-8-18(20)19-9-3-5-11-21(19)22/h2-5,8-11,22-23H,1,6-7,12-17H2,(H,28,33)(H,30,31). The van der Waals surface area contributed by atoms with E-state index >= 15 is 0 Å². The van der Waals surface area contributed by atoms with Gasteiger partial charge < -0.3 is 24.8 Å². The maximum Gasteiger partial charge on any atom is 0.408 e. The van der Waals surface area contributed by atoms with Crippen molar-refractivity contribution in [2.75, 3.05) is 26.3 Å². The number of hydrogen-bond acceptors (Lipinski definition) is 5. The number of rotatable bonds is 5. The van der Waals surface area contributed by atoms with Gasteiger partial charge >= 0.3 is 12.1 Å². The molecule has 0 spiro atoms. The van der Waals surface area contributed by atoms with Crippen molar-refractivity contribution in [3.8, 4) is 11.1 Å². The number of carbonyl (C=O) groups is 3. The molecule has 2 aromatic rings. The Morgan fingerprint density at radius 2 is 1.63 bits per heavy atom. The first-order chi connectivity index (χ1) is 17.0. The molecule has 35 heavy (non-hydrogen) atoms. The lowest BCUT2D eigenvalue weighted by molar-refractivity contribution is -0.162. The summed E-state index contributed by atoms with van der Waals surface area (Å²) in [5, 5.41) is 12.2. The molecule has 1 saturated heterocycles. The number of morpholine rings is 1. The Morgan fingerprint density at radius 3 is 2.26 bits per heavy atom. The van der Waals surface area contributed by atoms with Crippen LogP contribution in [-0.4, -0.2) is 65.9 Å². The van der Waals surface area contributed by atoms with Crippen molar-refractivity contribution < 1.29 is 29.0 Å². The number of carboxylic acids is 1. The molecule has 2 N–H and O–H groups in total. The van der Waals surface area contributed by atoms with Crippen molar-refractivity contribution in [2.24, 2.45) is 0 Å². The van der Waals surface area contributed by atoms with Gasteiger partial charge in [-0.3, -0.25) is 4.79 Å². The molecule has 2 fully saturated rings. The maximum absolute atomic E-state index is 13.6. The van der Waals surface area contributed by atoms with Gasteiger partial charge in [0.2, 0.25) is 5.91 Å². The van der Waals surface area contributed by atoms with E-state index in [0.717, 1.165) is 41.5 Å². The number of fused-ring (bicyclic) bond motifs is 3. The highest BCUT2D eigenvalue weighted by atomic mass is 16.5. The number of ether oxygens (including phenoxy) is 2. The number of carbonyl (C=O) groups excluding carboxylic acids is 2. The zero-order valence-corrected chi connectivity index (χ0v) is 19.6. The molecule has 1 heterocycles. The van der Waals surface area contributed by atoms with Gasteiger partial charge in [0.1, 0.15) is 12.1 Å². The lowest BCUT2D eigenvalue weighted by Gasteiger charge is -2.42. The van der Waals surface area contributed by atoms with Crippen molar-refractivity contribution in [1.29, 1.82) is 0 Å². The van der Waals surface area contributed by atoms with Crippen molar-refractivity contribution in [2.45, 2.75) is 49.7 Å². The van der Waals surface area contributed by atoms with Gasteiger partial charge in [-0.05, 0) is 35.1 Å². The molecule has 8 nitrogen and oxygen atoms in total. The van der Waals surface area contributed by atoms with Crippen LogP contribution < -0.4 is 5.32 Å². The first-order valence-corrected chi connectivity index (χ1v) is 12.3. The molecule has 8 heteroatoms. The molecule has 0 radical (unpaired) electrons. The van der Waals surface area contributed by atoms with Gasteiger partial charge in [0, 0.05) is 12.5 Å². The zero-order valence-electron chi connectivity index (χ0n) is 19.6. The number of amides is 2. The van der Waals surface area contributed by atoms with E-state index in [4.69, 9.17) is 9.47 Å². The Balaban J connectivity index is 1.29. The third-order valence-electron chi connectivity index (χ3n) is 7.43. The van der Waals surface area contributed by atoms with E-state index in [1.165, 1.54) is 4.90 Å². The molecule has 1 aliphatic heterocycles. The van der Waals surface area contributed by atoms with Gasteiger partial charge in [0.15, 0.2) is 6.10 Å². The summed E-state index contributed by atoms with van der Waals surface area (Å²) in [6, 6.07) is 16.3. The normalized spacial score (nSPS) is 21.0. The molecule has 0 aromatic heterocycles. The minimum absolute atomic E-state index is 0.0255. The van der Waals surface area contributed by atoms with E-state index < -0.39 is 23.7 Å². The predicted molar refractivity (Wildman–Crippen MR) is 128 cm³/mol. The third kappa shape index (κ3) is 4.50. The monoisotopic (exact) mass is 478 g/mol. The smallest absolute Gasteiger partial charge is 0.408 e. The highest BCUT2D eigenvalue weighted by Crippen LogP contribution is 2.44. The van der Waals surface area contributed by atoms with Crippen LogP contribution in [0.15, 0.2) is 48.5 Å². The van der Waals surface area contributed by atoms with Gasteiger partial charge in [-0.15, -0.1) is 0 Å². The van der Waals surface area contributed by atoms with Gasteiger partial charge in [0.25, 0.3) is 0 Å². The lowest BCUT2D eigenvalue weighted by atomic mass is 9.80. The summed E-state index contributed by atoms with van der Waals surface area (Å²) in [6.45, 7) is 0.603. The fourth-order valence-electron chi connectivity index (χ4n) is 5.66. The van der Waals surface area contributed by atoms with Crippen molar-refractivity contribution in [1.82, 2.24) is 10.2 Å². The Bertz CT molecular complexity index is 1080. The summed E-state index contributed by atoms with van der Waals surface area (Å²) < 4.78 is 11.0. The largest absolute Gasteiger partial charge is 0.479 e. The average Bonchev–Trinajstić information content (AvgIpc) is 3.21. The van der Waals surface area contributed by atoms with E-state index in [1.54, 1.807) is 0 Å². The first kappa shape index (κ1) is 23.4. The van der Waals surface area contributed by atoms with E-state index in [1.807, 2.05) is 24.3 Å². The zero-order chi connectivity index (χ0) is 24.4. The van der Waals surface area contributed by atoms with Crippen molar-refractivity contribution in [3.63, 3.8) is 0 Å². The maximum atomic E-state index is 13.6. The fourth-order valence-corrected chi connectivity index (χ4v) is 5.66. The SMILES string of the molecule is O=C(NC1(C(=O)N2CCOC(C(=O)O)C2)CCCCC1)OCC1c2ccccc2-c2ccccc21. The summed E-state index contributed by atoms with van der Waals surface area (Å²) >= 11 is 0. The minimum Gasteiger partial charge on any atom is -0.479 e. The number of benzene rings is 2. The second-order valence-corrected chi connectivity index (χ2v) is 9.54. The molecule has 1 atom stereocenters. The molecule has 184 valence electrons. The summed E-state index contributed by atoms with van der Waals surface area (Å²) in [6.07, 6.45) is 1.94. The lowest BCUT2D eigenvalue weighted by Crippen LogP contribution is -2.63. The number of aliphatic carboxylic acids is 1. The molecule has 2 aliphatic carbocycles. The molecule has 2 aromatic carbocycles. The van der Waals surface area contributed by atoms with Gasteiger partial charge in [0.05, 0.1) is 13.2 Å². The van der Waals surface area contributed by atoms with Crippen LogP contribution in [0.2, 0.25) is 0 Å². The van der Waals surface area contributed by atoms with Crippen LogP contribution in [0.25, 0.3) is 11.1 Å². The second-order valence-electron chi connectivity index (χ2n) is 9.54. The van der Waals surface area contributed by atoms with E-state index in [9.17, 15) is 19.5 Å². The van der Waals surface area contributed by atoms with Crippen molar-refractivity contribution in [3.05, 3.63) is 59.7 Å². The van der Waals surface area contributed by atoms with Crippen LogP contribution in [0, 0.1) is 0 Å². The molecule has 3 aliphatic rings. The van der Waals surface area contributed by atoms with Crippen LogP contribution >= 0.6 is 0 Å². The number of carboxylic acid groups (broad SMARTS) is 1. The Kier molecular flexibility index (Phi) is 6.47. The predicted octanol–water partition coefficient (Wildman–Crippen LogP) is 3.54. The minimum atomic E-state index is -1.09. The summed E-state index contributed by atoms with van der Waals surface area (Å²) in [7, 11) is 0. The van der Waals surface area contributed by atoms with Gasteiger partial charge in [-0.1, -0.05) is 67.8 Å². The number of nitrogens with zero attached hydrogens (tertiary/aromatic N) is 1. The third-order valence-corrected chi connectivity index (χ3v) is 7.43. The average molecular weight is 479 g/mol. The number of alkyl carbamates (subject to hydrolysis) is 1. The van der Waals surface area contributed by atoms with E-state index in [0.29, 0.717) is 19.4 Å². The van der Waals surface area contributed by atoms with Crippen LogP contribution in [0.4, 0.5) is 4.79 Å². The first-order valence-electron chi connectivity index (χ1n) is 12.3. The van der Waals surface area contributed by atoms with E-state index in [2.05, 4.69) is 29.6 Å². The Hall–Kier alpha value is -3.39. The van der Waals surface area contributed by atoms with Crippen LogP contribution in [-0.2, 0) is 19.1 Å². The Morgan fingerprint density at radius 1 is 1.00 bits per heavy atom. The highest BCUT2D eigenvalue weighted by molar-refractivity contribution is 5.91. The van der Waals surface area contributed by atoms with E-state index in [-0.39, 0.29) is 31.6 Å². The van der Waals surface area contributed by atoms with Crippen LogP contribution in [0.1, 0.15) is 49.1 Å². The van der Waals surface area contributed by atoms with Gasteiger partial charge in [-0.2, -0.15) is 0 Å². The van der Waals surface area contributed by atoms with Crippen molar-refractivity contribution >= 4 is 18.0 Å². The second kappa shape index (κ2) is 9.70. The van der Waals surface area contributed by atoms with Gasteiger partial charge in [-0.25, -0.2) is 9.59 Å². The molecule has 0 bridgehead atoms. The molecule has 2 amide bonds. The Labute approximate surface area is 204 Å². The molecular weight excluding hydrogens is 448 g/mol. The molecule has 5 rings (SSSR count). The quantitative estimate of drug-likeness (QED) is 0.681. The summed E-state index contributed by atoms with van der Waals surface area (Å²) in [5.41, 5.74) is 3.46. The topological polar surface area (TPSA) is 105 Å².